The van der Waals surface area contributed by atoms with E-state index in [1.807, 2.05) is 6.07 Å². The van der Waals surface area contributed by atoms with E-state index < -0.39 is 0 Å². The molecule has 1 amide bonds. The van der Waals surface area contributed by atoms with Gasteiger partial charge in [-0.25, -0.2) is 0 Å². The predicted molar refractivity (Wildman–Crippen MR) is 101 cm³/mol. The molecular formula is C17H17BrN2O4S. The molecule has 1 N–H and O–H groups in total. The average Bonchev–Trinajstić information content (AvgIpc) is 2.62. The Morgan fingerprint density at radius 1 is 1.40 bits per heavy atom. The molecular weight excluding hydrogens is 408 g/mol. The van der Waals surface area contributed by atoms with Crippen LogP contribution in [0.1, 0.15) is 16.9 Å². The number of halogens is 1. The molecule has 1 aliphatic heterocycles. The van der Waals surface area contributed by atoms with E-state index >= 15 is 0 Å². The number of methoxy groups -OCH3 is 1. The maximum atomic E-state index is 12.9. The second kappa shape index (κ2) is 7.61. The van der Waals surface area contributed by atoms with Gasteiger partial charge in [0.1, 0.15) is 5.69 Å². The topological polar surface area (TPSA) is 79.5 Å². The van der Waals surface area contributed by atoms with Crippen molar-refractivity contribution >= 4 is 50.5 Å². The Morgan fingerprint density at radius 2 is 2.20 bits per heavy atom. The van der Waals surface area contributed by atoms with Crippen LogP contribution < -0.4 is 5.43 Å². The van der Waals surface area contributed by atoms with Gasteiger partial charge in [0.25, 0.3) is 5.91 Å². The summed E-state index contributed by atoms with van der Waals surface area (Å²) < 4.78 is 5.53. The fraction of sp³-hybridized carbons (Fsp3) is 0.353. The molecule has 1 aromatic carbocycles. The van der Waals surface area contributed by atoms with Crippen molar-refractivity contribution in [3.05, 3.63) is 44.7 Å². The van der Waals surface area contributed by atoms with Crippen LogP contribution in [-0.4, -0.2) is 53.0 Å². The number of H-pyrrole nitrogens is 1. The number of aromatic nitrogens is 1. The molecule has 1 saturated heterocycles. The van der Waals surface area contributed by atoms with Crippen LogP contribution in [0.3, 0.4) is 0 Å². The number of thioether (sulfide) groups is 1. The minimum Gasteiger partial charge on any atom is -0.469 e. The molecule has 1 fully saturated rings. The number of amides is 1. The van der Waals surface area contributed by atoms with Gasteiger partial charge in [-0.1, -0.05) is 15.9 Å². The number of carbonyl (C=O) groups excluding carboxylic acids is 2. The number of ether oxygens (including phenoxy) is 1. The van der Waals surface area contributed by atoms with Crippen molar-refractivity contribution < 1.29 is 14.3 Å². The highest BCUT2D eigenvalue weighted by atomic mass is 79.9. The predicted octanol–water partition coefficient (Wildman–Crippen LogP) is 2.41. The van der Waals surface area contributed by atoms with Gasteiger partial charge in [-0.3, -0.25) is 14.4 Å². The van der Waals surface area contributed by atoms with Crippen molar-refractivity contribution in [2.24, 2.45) is 0 Å². The summed E-state index contributed by atoms with van der Waals surface area (Å²) in [7, 11) is 1.34. The number of carbonyl (C=O) groups is 2. The molecule has 0 bridgehead atoms. The Balaban J connectivity index is 1.93. The highest BCUT2D eigenvalue weighted by molar-refractivity contribution is 9.10. The lowest BCUT2D eigenvalue weighted by atomic mass is 10.1. The van der Waals surface area contributed by atoms with Gasteiger partial charge in [0.2, 0.25) is 0 Å². The van der Waals surface area contributed by atoms with E-state index in [4.69, 9.17) is 4.74 Å². The van der Waals surface area contributed by atoms with Crippen molar-refractivity contribution in [2.75, 3.05) is 25.2 Å². The van der Waals surface area contributed by atoms with Gasteiger partial charge in [0, 0.05) is 39.5 Å². The molecule has 2 aromatic rings. The number of nitrogens with one attached hydrogen (secondary N) is 1. The molecule has 8 heteroatoms. The molecule has 3 rings (SSSR count). The first-order valence-corrected chi connectivity index (χ1v) is 9.72. The third-order valence-electron chi connectivity index (χ3n) is 4.14. The van der Waals surface area contributed by atoms with E-state index in [9.17, 15) is 14.4 Å². The van der Waals surface area contributed by atoms with Gasteiger partial charge in [-0.2, -0.15) is 11.8 Å². The number of esters is 1. The monoisotopic (exact) mass is 424 g/mol. The summed E-state index contributed by atoms with van der Waals surface area (Å²) in [4.78, 5) is 41.6. The van der Waals surface area contributed by atoms with Crippen molar-refractivity contribution in [1.29, 1.82) is 0 Å². The van der Waals surface area contributed by atoms with Crippen LogP contribution >= 0.6 is 27.7 Å². The molecule has 0 radical (unpaired) electrons. The highest BCUT2D eigenvalue weighted by Crippen LogP contribution is 2.22. The molecule has 0 aliphatic carbocycles. The maximum absolute atomic E-state index is 12.9. The first-order chi connectivity index (χ1) is 12.0. The molecule has 2 heterocycles. The van der Waals surface area contributed by atoms with Crippen LogP contribution in [0.4, 0.5) is 0 Å². The molecule has 25 heavy (non-hydrogen) atoms. The standard InChI is InChI=1S/C17H17BrN2O4S/c1-24-16(22)7-11-9-25-5-4-20(11)17(23)14-8-15(21)12-6-10(18)2-3-13(12)19-14/h2-3,6,8,11H,4-5,7,9H2,1H3,(H,19,21). The van der Waals surface area contributed by atoms with E-state index in [0.29, 0.717) is 23.2 Å². The van der Waals surface area contributed by atoms with Gasteiger partial charge in [-0.15, -0.1) is 0 Å². The second-order valence-corrected chi connectivity index (χ2v) is 7.81. The zero-order chi connectivity index (χ0) is 18.0. The normalized spacial score (nSPS) is 17.5. The summed E-state index contributed by atoms with van der Waals surface area (Å²) in [6.45, 7) is 0.533. The lowest BCUT2D eigenvalue weighted by Gasteiger charge is -2.34. The Labute approximate surface area is 157 Å². The van der Waals surface area contributed by atoms with E-state index in [0.717, 1.165) is 10.2 Å². The van der Waals surface area contributed by atoms with Crippen LogP contribution in [0.2, 0.25) is 0 Å². The quantitative estimate of drug-likeness (QED) is 0.765. The third kappa shape index (κ3) is 3.90. The van der Waals surface area contributed by atoms with Crippen LogP contribution in [0, 0.1) is 0 Å². The number of hydrogen-bond donors (Lipinski definition) is 1. The van der Waals surface area contributed by atoms with E-state index in [1.54, 1.807) is 28.8 Å². The van der Waals surface area contributed by atoms with Gasteiger partial charge in [0.05, 0.1) is 19.6 Å². The molecule has 1 atom stereocenters. The van der Waals surface area contributed by atoms with E-state index in [1.165, 1.54) is 13.2 Å². The largest absolute Gasteiger partial charge is 0.469 e. The minimum atomic E-state index is -0.345. The molecule has 0 spiro atoms. The Hall–Kier alpha value is -1.80. The number of hydrogen-bond acceptors (Lipinski definition) is 5. The number of aromatic amines is 1. The summed E-state index contributed by atoms with van der Waals surface area (Å²) in [6.07, 6.45) is 0.153. The summed E-state index contributed by atoms with van der Waals surface area (Å²) in [5, 5.41) is 0.520. The van der Waals surface area contributed by atoms with Crippen molar-refractivity contribution in [1.82, 2.24) is 9.88 Å². The van der Waals surface area contributed by atoms with Gasteiger partial charge >= 0.3 is 5.97 Å². The first-order valence-electron chi connectivity index (χ1n) is 7.77. The highest BCUT2D eigenvalue weighted by Gasteiger charge is 2.30. The SMILES string of the molecule is COC(=O)CC1CSCCN1C(=O)c1cc(=O)c2cc(Br)ccc2[nH]1. The fourth-order valence-electron chi connectivity index (χ4n) is 2.86. The second-order valence-electron chi connectivity index (χ2n) is 5.74. The fourth-order valence-corrected chi connectivity index (χ4v) is 4.28. The Bertz CT molecular complexity index is 883. The summed E-state index contributed by atoms with van der Waals surface area (Å²) >= 11 is 5.04. The zero-order valence-corrected chi connectivity index (χ0v) is 16.0. The van der Waals surface area contributed by atoms with E-state index in [-0.39, 0.29) is 35.5 Å². The Morgan fingerprint density at radius 3 is 2.96 bits per heavy atom. The number of benzene rings is 1. The molecule has 1 aliphatic rings. The number of rotatable bonds is 3. The van der Waals surface area contributed by atoms with Crippen LogP contribution in [0.25, 0.3) is 10.9 Å². The van der Waals surface area contributed by atoms with Gasteiger partial charge < -0.3 is 14.6 Å². The molecule has 6 nitrogen and oxygen atoms in total. The zero-order valence-electron chi connectivity index (χ0n) is 13.6. The lowest BCUT2D eigenvalue weighted by Crippen LogP contribution is -2.47. The number of fused-ring (bicyclic) bond motifs is 1. The van der Waals surface area contributed by atoms with Gasteiger partial charge in [0.15, 0.2) is 5.43 Å². The summed E-state index contributed by atoms with van der Waals surface area (Å²) in [6, 6.07) is 6.39. The number of nitrogens with zero attached hydrogens (tertiary/aromatic N) is 1. The lowest BCUT2D eigenvalue weighted by molar-refractivity contribution is -0.141. The van der Waals surface area contributed by atoms with Gasteiger partial charge in [-0.05, 0) is 18.2 Å². The average molecular weight is 425 g/mol. The minimum absolute atomic E-state index is 0.153. The van der Waals surface area contributed by atoms with Crippen LogP contribution in [-0.2, 0) is 9.53 Å². The molecule has 132 valence electrons. The van der Waals surface area contributed by atoms with Crippen molar-refractivity contribution in [3.63, 3.8) is 0 Å². The van der Waals surface area contributed by atoms with E-state index in [2.05, 4.69) is 20.9 Å². The Kier molecular flexibility index (Phi) is 5.48. The molecule has 0 saturated carbocycles. The summed E-state index contributed by atoms with van der Waals surface area (Å²) in [5.74, 6) is 0.859. The van der Waals surface area contributed by atoms with Crippen molar-refractivity contribution in [3.8, 4) is 0 Å². The first kappa shape index (κ1) is 18.0. The molecule has 1 unspecified atom stereocenters. The summed E-state index contributed by atoms with van der Waals surface area (Å²) in [5.41, 5.74) is 0.630. The maximum Gasteiger partial charge on any atom is 0.307 e. The van der Waals surface area contributed by atoms with Crippen LogP contribution in [0.15, 0.2) is 33.5 Å². The van der Waals surface area contributed by atoms with Crippen LogP contribution in [0.5, 0.6) is 0 Å². The number of pyridine rings is 1. The third-order valence-corrected chi connectivity index (χ3v) is 5.73. The molecule has 1 aromatic heterocycles. The smallest absolute Gasteiger partial charge is 0.307 e. The van der Waals surface area contributed by atoms with Crippen molar-refractivity contribution in [2.45, 2.75) is 12.5 Å².